The monoisotopic (exact) mass is 480 g/mol. The van der Waals surface area contributed by atoms with E-state index in [1.165, 1.54) is 17.4 Å². The Morgan fingerprint density at radius 2 is 1.91 bits per heavy atom. The van der Waals surface area contributed by atoms with Crippen molar-refractivity contribution in [1.82, 2.24) is 25.5 Å². The van der Waals surface area contributed by atoms with Gasteiger partial charge < -0.3 is 36.5 Å². The first kappa shape index (κ1) is 26.8. The summed E-state index contributed by atoms with van der Waals surface area (Å²) < 4.78 is 0. The molecule has 0 bridgehead atoms. The van der Waals surface area contributed by atoms with Gasteiger partial charge in [0.25, 0.3) is 0 Å². The van der Waals surface area contributed by atoms with Crippen LogP contribution >= 0.6 is 0 Å². The lowest BCUT2D eigenvalue weighted by Gasteiger charge is -2.30. The van der Waals surface area contributed by atoms with Crippen molar-refractivity contribution in [2.75, 3.05) is 6.54 Å². The molecule has 7 N–H and O–H groups in total. The Morgan fingerprint density at radius 1 is 1.21 bits per heavy atom. The Hall–Kier alpha value is -3.48. The summed E-state index contributed by atoms with van der Waals surface area (Å²) in [5.74, 6) is -4.43. The summed E-state index contributed by atoms with van der Waals surface area (Å²) in [4.78, 5) is 69.2. The van der Waals surface area contributed by atoms with Crippen LogP contribution in [0.25, 0.3) is 0 Å². The number of carbonyl (C=O) groups excluding carboxylic acids is 3. The number of aromatic amines is 1. The number of carbonyl (C=O) groups is 5. The van der Waals surface area contributed by atoms with Gasteiger partial charge in [-0.2, -0.15) is 0 Å². The third-order valence-electron chi connectivity index (χ3n) is 5.71. The van der Waals surface area contributed by atoms with Crippen LogP contribution in [0.15, 0.2) is 12.5 Å². The van der Waals surface area contributed by atoms with Crippen molar-refractivity contribution in [3.8, 4) is 0 Å². The second kappa shape index (κ2) is 12.1. The van der Waals surface area contributed by atoms with E-state index in [1.807, 2.05) is 0 Å². The average Bonchev–Trinajstić information content (AvgIpc) is 3.46. The van der Waals surface area contributed by atoms with E-state index in [4.69, 9.17) is 10.8 Å². The molecule has 4 unspecified atom stereocenters. The molecule has 1 aromatic heterocycles. The van der Waals surface area contributed by atoms with Crippen LogP contribution in [0.3, 0.4) is 0 Å². The molecule has 188 valence electrons. The van der Waals surface area contributed by atoms with Crippen molar-refractivity contribution in [3.05, 3.63) is 18.2 Å². The SMILES string of the molecule is CC(C)C(N)C(=O)NC(CCC(=O)O)C(=O)N1CCCC1C(=O)NC(Cc1cnc[nH]1)C(=O)O. The highest BCUT2D eigenvalue weighted by atomic mass is 16.4. The first-order valence-corrected chi connectivity index (χ1v) is 11.1. The molecule has 4 atom stereocenters. The van der Waals surface area contributed by atoms with Gasteiger partial charge in [-0.05, 0) is 25.2 Å². The predicted octanol–water partition coefficient (Wildman–Crippen LogP) is -1.15. The molecule has 0 saturated carbocycles. The van der Waals surface area contributed by atoms with Gasteiger partial charge >= 0.3 is 11.9 Å². The molecular weight excluding hydrogens is 448 g/mol. The van der Waals surface area contributed by atoms with E-state index in [0.717, 1.165) is 0 Å². The quantitative estimate of drug-likeness (QED) is 0.213. The minimum Gasteiger partial charge on any atom is -0.481 e. The third-order valence-corrected chi connectivity index (χ3v) is 5.71. The molecule has 1 aromatic rings. The van der Waals surface area contributed by atoms with Crippen molar-refractivity contribution in [1.29, 1.82) is 0 Å². The number of likely N-dealkylation sites (tertiary alicyclic amines) is 1. The number of hydrogen-bond donors (Lipinski definition) is 6. The van der Waals surface area contributed by atoms with E-state index in [1.54, 1.807) is 13.8 Å². The van der Waals surface area contributed by atoms with Crippen molar-refractivity contribution < 1.29 is 34.2 Å². The molecule has 1 aliphatic rings. The maximum absolute atomic E-state index is 13.2. The second-order valence-electron chi connectivity index (χ2n) is 8.63. The summed E-state index contributed by atoms with van der Waals surface area (Å²) >= 11 is 0. The summed E-state index contributed by atoms with van der Waals surface area (Å²) in [5.41, 5.74) is 6.37. The number of hydrogen-bond acceptors (Lipinski definition) is 7. The Balaban J connectivity index is 2.13. The Kier molecular flexibility index (Phi) is 9.54. The summed E-state index contributed by atoms with van der Waals surface area (Å²) in [6.45, 7) is 3.69. The summed E-state index contributed by atoms with van der Waals surface area (Å²) in [7, 11) is 0. The van der Waals surface area contributed by atoms with Crippen LogP contribution in [0, 0.1) is 5.92 Å². The lowest BCUT2D eigenvalue weighted by molar-refractivity contribution is -0.145. The Bertz CT molecular complexity index is 888. The van der Waals surface area contributed by atoms with Gasteiger partial charge in [0, 0.05) is 31.3 Å². The Labute approximate surface area is 196 Å². The number of aliphatic carboxylic acids is 2. The molecule has 2 heterocycles. The van der Waals surface area contributed by atoms with Crippen LogP contribution < -0.4 is 16.4 Å². The molecule has 2 rings (SSSR count). The third kappa shape index (κ3) is 7.27. The first-order chi connectivity index (χ1) is 16.0. The minimum atomic E-state index is -1.24. The highest BCUT2D eigenvalue weighted by Gasteiger charge is 2.39. The van der Waals surface area contributed by atoms with Crippen LogP contribution in [-0.4, -0.2) is 85.5 Å². The molecule has 1 fully saturated rings. The number of nitrogens with two attached hydrogens (primary N) is 1. The van der Waals surface area contributed by atoms with E-state index < -0.39 is 53.8 Å². The van der Waals surface area contributed by atoms with Crippen molar-refractivity contribution in [2.24, 2.45) is 11.7 Å². The fourth-order valence-electron chi connectivity index (χ4n) is 3.68. The molecule has 0 radical (unpaired) electrons. The van der Waals surface area contributed by atoms with Crippen LogP contribution in [0.2, 0.25) is 0 Å². The number of amides is 3. The molecular formula is C21H32N6O7. The molecule has 0 aliphatic carbocycles. The van der Waals surface area contributed by atoms with Gasteiger partial charge in [-0.25, -0.2) is 9.78 Å². The molecule has 0 spiro atoms. The minimum absolute atomic E-state index is 0.0217. The number of H-pyrrole nitrogens is 1. The number of carboxylic acids is 2. The zero-order valence-electron chi connectivity index (χ0n) is 19.2. The maximum Gasteiger partial charge on any atom is 0.326 e. The largest absolute Gasteiger partial charge is 0.481 e. The number of aromatic nitrogens is 2. The van der Waals surface area contributed by atoms with Gasteiger partial charge in [0.05, 0.1) is 12.4 Å². The van der Waals surface area contributed by atoms with Gasteiger partial charge in [-0.1, -0.05) is 13.8 Å². The van der Waals surface area contributed by atoms with Gasteiger partial charge in [-0.3, -0.25) is 19.2 Å². The zero-order valence-corrected chi connectivity index (χ0v) is 19.2. The predicted molar refractivity (Wildman–Crippen MR) is 118 cm³/mol. The van der Waals surface area contributed by atoms with E-state index in [-0.39, 0.29) is 31.7 Å². The maximum atomic E-state index is 13.2. The summed E-state index contributed by atoms with van der Waals surface area (Å²) in [6, 6.07) is -4.25. The van der Waals surface area contributed by atoms with Crippen LogP contribution in [0.5, 0.6) is 0 Å². The Morgan fingerprint density at radius 3 is 2.47 bits per heavy atom. The summed E-state index contributed by atoms with van der Waals surface area (Å²) in [6.07, 6.45) is 3.07. The smallest absolute Gasteiger partial charge is 0.326 e. The fraction of sp³-hybridized carbons (Fsp3) is 0.619. The summed E-state index contributed by atoms with van der Waals surface area (Å²) in [5, 5.41) is 23.5. The molecule has 0 aromatic carbocycles. The molecule has 1 saturated heterocycles. The highest BCUT2D eigenvalue weighted by Crippen LogP contribution is 2.20. The number of nitrogens with zero attached hydrogens (tertiary/aromatic N) is 2. The lowest BCUT2D eigenvalue weighted by atomic mass is 10.0. The van der Waals surface area contributed by atoms with E-state index in [0.29, 0.717) is 18.5 Å². The van der Waals surface area contributed by atoms with Gasteiger partial charge in [0.15, 0.2) is 0 Å². The molecule has 1 aliphatic heterocycles. The highest BCUT2D eigenvalue weighted by molar-refractivity contribution is 5.94. The molecule has 13 nitrogen and oxygen atoms in total. The van der Waals surface area contributed by atoms with Crippen molar-refractivity contribution >= 4 is 29.7 Å². The van der Waals surface area contributed by atoms with Crippen molar-refractivity contribution in [2.45, 2.75) is 70.1 Å². The standard InChI is InChI=1S/C21H32N6O7/c1-11(2)17(22)19(31)25-13(5-6-16(28)29)20(32)27-7-3-4-15(27)18(30)26-14(21(33)34)8-12-9-23-10-24-12/h9-11,13-15,17H,3-8,22H2,1-2H3,(H,23,24)(H,25,31)(H,26,30)(H,28,29)(H,33,34). The normalized spacial score (nSPS) is 18.2. The number of nitrogens with one attached hydrogen (secondary N) is 3. The molecule has 34 heavy (non-hydrogen) atoms. The average molecular weight is 481 g/mol. The van der Waals surface area contributed by atoms with Gasteiger partial charge in [-0.15, -0.1) is 0 Å². The molecule has 13 heteroatoms. The topological polar surface area (TPSA) is 208 Å². The van der Waals surface area contributed by atoms with Crippen LogP contribution in [0.4, 0.5) is 0 Å². The second-order valence-corrected chi connectivity index (χ2v) is 8.63. The number of rotatable bonds is 12. The first-order valence-electron chi connectivity index (χ1n) is 11.1. The van der Waals surface area contributed by atoms with E-state index in [9.17, 15) is 29.1 Å². The molecule has 3 amide bonds. The zero-order chi connectivity index (χ0) is 25.4. The van der Waals surface area contributed by atoms with E-state index in [2.05, 4.69) is 20.6 Å². The number of imidazole rings is 1. The van der Waals surface area contributed by atoms with Crippen LogP contribution in [0.1, 0.15) is 45.2 Å². The lowest BCUT2D eigenvalue weighted by Crippen LogP contribution is -2.57. The van der Waals surface area contributed by atoms with Crippen molar-refractivity contribution in [3.63, 3.8) is 0 Å². The van der Waals surface area contributed by atoms with Gasteiger partial charge in [0.1, 0.15) is 18.1 Å². The van der Waals surface area contributed by atoms with Crippen LogP contribution in [-0.2, 0) is 30.4 Å². The number of carboxylic acid groups (broad SMARTS) is 2. The van der Waals surface area contributed by atoms with Gasteiger partial charge in [0.2, 0.25) is 17.7 Å². The fourth-order valence-corrected chi connectivity index (χ4v) is 3.68. The van der Waals surface area contributed by atoms with E-state index >= 15 is 0 Å².